The molecule has 0 bridgehead atoms. The third-order valence-electron chi connectivity index (χ3n) is 0.931. The van der Waals surface area contributed by atoms with Crippen LogP contribution in [0.4, 0.5) is 0 Å². The van der Waals surface area contributed by atoms with Gasteiger partial charge in [-0.25, -0.2) is 4.57 Å². The minimum atomic E-state index is -3.39. The van der Waals surface area contributed by atoms with Crippen molar-refractivity contribution in [3.8, 4) is 5.81 Å². The van der Waals surface area contributed by atoms with E-state index < -0.39 is 7.60 Å². The van der Waals surface area contributed by atoms with Gasteiger partial charge in [0.05, 0.1) is 13.2 Å². The third kappa shape index (κ3) is 11.0. The summed E-state index contributed by atoms with van der Waals surface area (Å²) in [5.74, 6) is 1.49. The largest absolute Gasteiger partial charge is 0.431 e. The van der Waals surface area contributed by atoms with Crippen molar-refractivity contribution in [1.82, 2.24) is 4.90 Å². The van der Waals surface area contributed by atoms with Crippen LogP contribution in [0.15, 0.2) is 0 Å². The van der Waals surface area contributed by atoms with Crippen LogP contribution in [0.2, 0.25) is 0 Å². The molecule has 1 amide bonds. The molecule has 0 aliphatic carbocycles. The van der Waals surface area contributed by atoms with Gasteiger partial charge in [-0.3, -0.25) is 13.8 Å². The fraction of sp³-hybridized carbons (Fsp3) is 0.750. The van der Waals surface area contributed by atoms with Gasteiger partial charge in [-0.15, -0.1) is 0 Å². The van der Waals surface area contributed by atoms with Crippen molar-refractivity contribution in [2.45, 2.75) is 13.8 Å². The Hall–Kier alpha value is -0.890. The minimum Gasteiger partial charge on any atom is -0.351 e. The van der Waals surface area contributed by atoms with E-state index in [1.807, 2.05) is 0 Å². The van der Waals surface area contributed by atoms with Gasteiger partial charge in [-0.1, -0.05) is 0 Å². The topological polar surface area (TPSA) is 79.6 Å². The second-order valence-corrected chi connectivity index (χ2v) is 4.21. The fourth-order valence-corrected chi connectivity index (χ4v) is 1.30. The van der Waals surface area contributed by atoms with E-state index >= 15 is 0 Å². The molecule has 88 valence electrons. The van der Waals surface area contributed by atoms with Crippen molar-refractivity contribution in [2.24, 2.45) is 0 Å². The van der Waals surface area contributed by atoms with Crippen molar-refractivity contribution in [3.63, 3.8) is 0 Å². The maximum absolute atomic E-state index is 11.0. The Kier molecular flexibility index (Phi) is 10.6. The number of carbonyl (C=O) groups is 1. The van der Waals surface area contributed by atoms with Gasteiger partial charge in [-0.2, -0.15) is 5.26 Å². The molecule has 0 spiro atoms. The number of nitrogens with zero attached hydrogens (tertiary/aromatic N) is 2. The molecule has 0 rings (SSSR count). The zero-order valence-corrected chi connectivity index (χ0v) is 10.4. The van der Waals surface area contributed by atoms with Gasteiger partial charge >= 0.3 is 7.60 Å². The molecule has 0 aliphatic rings. The second kappa shape index (κ2) is 9.66. The Morgan fingerprint density at radius 1 is 1.33 bits per heavy atom. The maximum atomic E-state index is 11.0. The van der Waals surface area contributed by atoms with Crippen molar-refractivity contribution in [2.75, 3.05) is 27.3 Å². The lowest BCUT2D eigenvalue weighted by Crippen LogP contribution is -2.06. The number of nitriles is 1. The van der Waals surface area contributed by atoms with E-state index in [4.69, 9.17) is 5.26 Å². The first-order valence-corrected chi connectivity index (χ1v) is 5.92. The molecule has 0 fully saturated rings. The standard InChI is InChI=1S/C5H10NO3P.C3H7NO/c1-3-8-10(7,5-6)9-4-2;1-4(2)3-5/h3-4H2,1-2H3;3H,1-2H3. The molecular weight excluding hydrogens is 219 g/mol. The summed E-state index contributed by atoms with van der Waals surface area (Å²) in [4.78, 5) is 10.9. The average molecular weight is 236 g/mol. The van der Waals surface area contributed by atoms with E-state index in [0.717, 1.165) is 6.41 Å². The Morgan fingerprint density at radius 2 is 1.67 bits per heavy atom. The Balaban J connectivity index is 0. The molecule has 0 aromatic rings. The number of hydrogen-bond acceptors (Lipinski definition) is 5. The average Bonchev–Trinajstić information content (AvgIpc) is 2.19. The summed E-state index contributed by atoms with van der Waals surface area (Å²) in [6.45, 7) is 3.77. The molecule has 0 saturated carbocycles. The summed E-state index contributed by atoms with van der Waals surface area (Å²) < 4.78 is 20.2. The summed E-state index contributed by atoms with van der Waals surface area (Å²) in [6.07, 6.45) is 0.750. The van der Waals surface area contributed by atoms with Gasteiger partial charge in [0, 0.05) is 14.1 Å². The van der Waals surface area contributed by atoms with Crippen LogP contribution in [-0.4, -0.2) is 38.6 Å². The van der Waals surface area contributed by atoms with Gasteiger partial charge in [0.1, 0.15) is 0 Å². The molecule has 0 saturated heterocycles. The molecule has 0 heterocycles. The van der Waals surface area contributed by atoms with Gasteiger partial charge in [-0.05, 0) is 13.8 Å². The van der Waals surface area contributed by atoms with Crippen LogP contribution in [0, 0.1) is 11.1 Å². The molecule has 0 radical (unpaired) electrons. The van der Waals surface area contributed by atoms with Crippen LogP contribution < -0.4 is 0 Å². The third-order valence-corrected chi connectivity index (χ3v) is 2.37. The van der Waals surface area contributed by atoms with E-state index in [0.29, 0.717) is 0 Å². The summed E-state index contributed by atoms with van der Waals surface area (Å²) >= 11 is 0. The smallest absolute Gasteiger partial charge is 0.351 e. The fourth-order valence-electron chi connectivity index (χ4n) is 0.435. The highest BCUT2D eigenvalue weighted by molar-refractivity contribution is 7.59. The second-order valence-electron chi connectivity index (χ2n) is 2.50. The Bertz CT molecular complexity index is 240. The van der Waals surface area contributed by atoms with Crippen molar-refractivity contribution < 1.29 is 18.4 Å². The lowest BCUT2D eigenvalue weighted by molar-refractivity contribution is -0.115. The Morgan fingerprint density at radius 3 is 1.80 bits per heavy atom. The number of hydrogen-bond donors (Lipinski definition) is 0. The zero-order chi connectivity index (χ0) is 12.3. The van der Waals surface area contributed by atoms with Crippen LogP contribution in [0.25, 0.3) is 0 Å². The highest BCUT2D eigenvalue weighted by atomic mass is 31.2. The first-order valence-electron chi connectivity index (χ1n) is 4.37. The lowest BCUT2D eigenvalue weighted by Gasteiger charge is -2.06. The van der Waals surface area contributed by atoms with Crippen molar-refractivity contribution in [3.05, 3.63) is 0 Å². The molecule has 0 unspecified atom stereocenters. The summed E-state index contributed by atoms with van der Waals surface area (Å²) in [7, 11) is -0.0197. The minimum absolute atomic E-state index is 0.227. The molecule has 15 heavy (non-hydrogen) atoms. The van der Waals surface area contributed by atoms with Crippen LogP contribution in [-0.2, 0) is 18.4 Å². The van der Waals surface area contributed by atoms with E-state index in [2.05, 4.69) is 9.05 Å². The highest BCUT2D eigenvalue weighted by Crippen LogP contribution is 2.46. The summed E-state index contributed by atoms with van der Waals surface area (Å²) in [5.41, 5.74) is 0. The zero-order valence-electron chi connectivity index (χ0n) is 9.47. The number of amides is 1. The normalized spacial score (nSPS) is 9.53. The lowest BCUT2D eigenvalue weighted by atomic mass is 10.9. The predicted octanol–water partition coefficient (Wildman–Crippen LogP) is 1.44. The molecule has 0 atom stereocenters. The van der Waals surface area contributed by atoms with Crippen LogP contribution >= 0.6 is 7.60 Å². The SMILES string of the molecule is CCOP(=O)(C#N)OCC.CN(C)C=O. The molecule has 0 aliphatic heterocycles. The summed E-state index contributed by atoms with van der Waals surface area (Å²) in [6, 6.07) is 0. The number of carbonyl (C=O) groups excluding carboxylic acids is 1. The van der Waals surface area contributed by atoms with Crippen LogP contribution in [0.3, 0.4) is 0 Å². The van der Waals surface area contributed by atoms with Crippen LogP contribution in [0.1, 0.15) is 13.8 Å². The molecule has 0 aromatic carbocycles. The summed E-state index contributed by atoms with van der Waals surface area (Å²) in [5, 5.41) is 8.28. The van der Waals surface area contributed by atoms with Gasteiger partial charge in [0.25, 0.3) is 0 Å². The van der Waals surface area contributed by atoms with E-state index in [1.165, 1.54) is 10.7 Å². The molecule has 6 nitrogen and oxygen atoms in total. The quantitative estimate of drug-likeness (QED) is 0.533. The first-order chi connectivity index (χ1) is 6.95. The van der Waals surface area contributed by atoms with Crippen LogP contribution in [0.5, 0.6) is 0 Å². The van der Waals surface area contributed by atoms with E-state index in [9.17, 15) is 9.36 Å². The molecule has 0 aromatic heterocycles. The van der Waals surface area contributed by atoms with Gasteiger partial charge in [0.2, 0.25) is 6.41 Å². The van der Waals surface area contributed by atoms with E-state index in [1.54, 1.807) is 27.9 Å². The molecule has 7 heteroatoms. The van der Waals surface area contributed by atoms with Gasteiger partial charge in [0.15, 0.2) is 5.81 Å². The predicted molar refractivity (Wildman–Crippen MR) is 56.2 cm³/mol. The monoisotopic (exact) mass is 236 g/mol. The molecule has 0 N–H and O–H groups in total. The Labute approximate surface area is 90.3 Å². The first kappa shape index (κ1) is 16.5. The maximum Gasteiger partial charge on any atom is 0.431 e. The van der Waals surface area contributed by atoms with Crippen molar-refractivity contribution >= 4 is 14.0 Å². The van der Waals surface area contributed by atoms with Gasteiger partial charge < -0.3 is 4.90 Å². The van der Waals surface area contributed by atoms with E-state index in [-0.39, 0.29) is 13.2 Å². The number of rotatable bonds is 5. The molecular formula is C8H17N2O4P. The highest BCUT2D eigenvalue weighted by Gasteiger charge is 2.21. The van der Waals surface area contributed by atoms with Crippen molar-refractivity contribution in [1.29, 1.82) is 5.26 Å².